The van der Waals surface area contributed by atoms with Crippen LogP contribution in [-0.2, 0) is 23.2 Å². The Bertz CT molecular complexity index is 1690. The van der Waals surface area contributed by atoms with E-state index in [1.807, 2.05) is 42.5 Å². The molecule has 0 aliphatic heterocycles. The van der Waals surface area contributed by atoms with Crippen LogP contribution in [0.2, 0.25) is 0 Å². The molecule has 234 valence electrons. The lowest BCUT2D eigenvalue weighted by atomic mass is 9.85. The fourth-order valence-electron chi connectivity index (χ4n) is 5.47. The number of nitrogens with zero attached hydrogens (tertiary/aromatic N) is 1. The van der Waals surface area contributed by atoms with Crippen LogP contribution in [0.5, 0.6) is 5.75 Å². The second-order valence-corrected chi connectivity index (χ2v) is 13.7. The van der Waals surface area contributed by atoms with E-state index >= 15 is 0 Å². The van der Waals surface area contributed by atoms with Crippen molar-refractivity contribution in [1.82, 2.24) is 9.88 Å². The number of carbonyl (C=O) groups is 2. The Hall–Kier alpha value is -4.13. The minimum absolute atomic E-state index is 0.141. The zero-order chi connectivity index (χ0) is 32.6. The Kier molecular flexibility index (Phi) is 9.29. The van der Waals surface area contributed by atoms with Crippen LogP contribution in [0.15, 0.2) is 60.7 Å². The van der Waals surface area contributed by atoms with Crippen LogP contribution in [0.4, 0.5) is 4.39 Å². The number of carboxylic acids is 1. The van der Waals surface area contributed by atoms with Crippen molar-refractivity contribution in [3.8, 4) is 5.75 Å². The van der Waals surface area contributed by atoms with Gasteiger partial charge in [-0.25, -0.2) is 9.18 Å². The maximum Gasteiger partial charge on any atom is 0.347 e. The second-order valence-electron chi connectivity index (χ2n) is 13.7. The third-order valence-electron chi connectivity index (χ3n) is 8.11. The number of hydrogen-bond donors (Lipinski definition) is 2. The van der Waals surface area contributed by atoms with Crippen LogP contribution < -0.4 is 10.1 Å². The Morgan fingerprint density at radius 2 is 1.68 bits per heavy atom. The Morgan fingerprint density at radius 1 is 0.977 bits per heavy atom. The zero-order valence-corrected chi connectivity index (χ0v) is 27.3. The molecule has 0 radical (unpaired) electrons. The smallest absolute Gasteiger partial charge is 0.347 e. The van der Waals surface area contributed by atoms with Crippen molar-refractivity contribution in [1.29, 1.82) is 0 Å². The first-order valence-corrected chi connectivity index (χ1v) is 15.2. The molecule has 4 aromatic rings. The molecule has 7 heteroatoms. The molecule has 1 heterocycles. The molecule has 2 N–H and O–H groups in total. The summed E-state index contributed by atoms with van der Waals surface area (Å²) >= 11 is 0. The molecule has 4 rings (SSSR count). The molecule has 0 bridgehead atoms. The van der Waals surface area contributed by atoms with Crippen molar-refractivity contribution < 1.29 is 23.8 Å². The monoisotopic (exact) mass is 600 g/mol. The van der Waals surface area contributed by atoms with E-state index in [1.54, 1.807) is 19.1 Å². The van der Waals surface area contributed by atoms with Gasteiger partial charge in [-0.05, 0) is 92.5 Å². The Morgan fingerprint density at radius 3 is 2.32 bits per heavy atom. The SMILES string of the molecule is Cc1c(Cc2cccc(OC(C)(C)C(=O)O)c2)c2ccc(C(=O)N[C@@H](C)c3cc(C(C)(C)C)ccc3F)cc2n1CC(C)C. The summed E-state index contributed by atoms with van der Waals surface area (Å²) in [5.74, 6) is -0.761. The van der Waals surface area contributed by atoms with E-state index in [9.17, 15) is 19.1 Å². The lowest BCUT2D eigenvalue weighted by molar-refractivity contribution is -0.152. The highest BCUT2D eigenvalue weighted by molar-refractivity contribution is 5.99. The number of amides is 1. The number of carboxylic acid groups (broad SMARTS) is 1. The number of carbonyl (C=O) groups excluding carboxylic acids is 1. The normalized spacial score (nSPS) is 12.9. The first-order valence-electron chi connectivity index (χ1n) is 15.2. The fraction of sp³-hybridized carbons (Fsp3) is 0.405. The molecular formula is C37H45FN2O4. The van der Waals surface area contributed by atoms with Gasteiger partial charge in [0.05, 0.1) is 6.04 Å². The molecule has 1 aromatic heterocycles. The van der Waals surface area contributed by atoms with Gasteiger partial charge in [-0.3, -0.25) is 4.79 Å². The highest BCUT2D eigenvalue weighted by Gasteiger charge is 2.29. The van der Waals surface area contributed by atoms with Gasteiger partial charge in [-0.2, -0.15) is 0 Å². The van der Waals surface area contributed by atoms with E-state index in [1.165, 1.54) is 19.9 Å². The highest BCUT2D eigenvalue weighted by Crippen LogP contribution is 2.32. The van der Waals surface area contributed by atoms with E-state index in [4.69, 9.17) is 4.74 Å². The van der Waals surface area contributed by atoms with Gasteiger partial charge in [0.1, 0.15) is 11.6 Å². The number of fused-ring (bicyclic) bond motifs is 1. The number of halogens is 1. The van der Waals surface area contributed by atoms with E-state index < -0.39 is 17.6 Å². The predicted octanol–water partition coefficient (Wildman–Crippen LogP) is 8.37. The number of aliphatic carboxylic acids is 1. The summed E-state index contributed by atoms with van der Waals surface area (Å²) in [5.41, 5.74) is 4.69. The molecule has 6 nitrogen and oxygen atoms in total. The predicted molar refractivity (Wildman–Crippen MR) is 174 cm³/mol. The molecule has 1 atom stereocenters. The molecule has 0 aliphatic rings. The maximum absolute atomic E-state index is 14.8. The summed E-state index contributed by atoms with van der Waals surface area (Å²) in [6.45, 7) is 18.3. The van der Waals surface area contributed by atoms with Crippen LogP contribution in [-0.4, -0.2) is 27.2 Å². The summed E-state index contributed by atoms with van der Waals surface area (Å²) in [7, 11) is 0. The largest absolute Gasteiger partial charge is 0.478 e. The molecule has 44 heavy (non-hydrogen) atoms. The summed E-state index contributed by atoms with van der Waals surface area (Å²) in [4.78, 5) is 25.1. The van der Waals surface area contributed by atoms with Crippen LogP contribution in [0.1, 0.15) is 99.7 Å². The number of aromatic nitrogens is 1. The van der Waals surface area contributed by atoms with Crippen LogP contribution in [0, 0.1) is 18.7 Å². The van der Waals surface area contributed by atoms with E-state index in [2.05, 4.69) is 51.4 Å². The molecule has 0 spiro atoms. The molecule has 1 amide bonds. The molecule has 3 aromatic carbocycles. The average Bonchev–Trinajstić information content (AvgIpc) is 3.17. The first kappa shape index (κ1) is 32.8. The van der Waals surface area contributed by atoms with Gasteiger partial charge < -0.3 is 19.7 Å². The average molecular weight is 601 g/mol. The number of benzene rings is 3. The number of hydrogen-bond acceptors (Lipinski definition) is 3. The maximum atomic E-state index is 14.8. The quantitative estimate of drug-likeness (QED) is 0.192. The van der Waals surface area contributed by atoms with Crippen LogP contribution in [0.25, 0.3) is 10.9 Å². The van der Waals surface area contributed by atoms with Crippen molar-refractivity contribution in [3.63, 3.8) is 0 Å². The zero-order valence-electron chi connectivity index (χ0n) is 27.3. The third-order valence-corrected chi connectivity index (χ3v) is 8.11. The van der Waals surface area contributed by atoms with Gasteiger partial charge in [-0.15, -0.1) is 0 Å². The standard InChI is InChI=1S/C37H45FN2O4/c1-22(2)21-40-24(4)31(18-25-11-10-12-28(17-25)44-37(8,9)35(42)43)29-15-13-26(19-33(29)40)34(41)39-23(3)30-20-27(36(5,6)7)14-16-32(30)38/h10-17,19-20,22-23H,18,21H2,1-9H3,(H,39,41)(H,42,43)/t23-/m0/s1. The van der Waals surface area contributed by atoms with Gasteiger partial charge in [0.25, 0.3) is 5.91 Å². The molecule has 0 aliphatic carbocycles. The minimum atomic E-state index is -1.35. The number of rotatable bonds is 10. The highest BCUT2D eigenvalue weighted by atomic mass is 19.1. The van der Waals surface area contributed by atoms with Crippen molar-refractivity contribution in [2.75, 3.05) is 0 Å². The van der Waals surface area contributed by atoms with Crippen molar-refractivity contribution >= 4 is 22.8 Å². The molecule has 0 unspecified atom stereocenters. The van der Waals surface area contributed by atoms with Gasteiger partial charge in [0.15, 0.2) is 5.60 Å². The number of ether oxygens (including phenoxy) is 1. The topological polar surface area (TPSA) is 80.6 Å². The Balaban J connectivity index is 1.66. The minimum Gasteiger partial charge on any atom is -0.478 e. The van der Waals surface area contributed by atoms with E-state index in [0.29, 0.717) is 29.2 Å². The molecule has 0 fully saturated rings. The van der Waals surface area contributed by atoms with Crippen molar-refractivity contribution in [2.24, 2.45) is 5.92 Å². The summed E-state index contributed by atoms with van der Waals surface area (Å²) in [6.07, 6.45) is 0.615. The van der Waals surface area contributed by atoms with Crippen LogP contribution >= 0.6 is 0 Å². The van der Waals surface area contributed by atoms with Crippen molar-refractivity contribution in [3.05, 3.63) is 100.0 Å². The van der Waals surface area contributed by atoms with Gasteiger partial charge >= 0.3 is 5.97 Å². The van der Waals surface area contributed by atoms with Gasteiger partial charge in [0, 0.05) is 34.3 Å². The van der Waals surface area contributed by atoms with E-state index in [-0.39, 0.29) is 17.1 Å². The lowest BCUT2D eigenvalue weighted by Crippen LogP contribution is -2.37. The first-order chi connectivity index (χ1) is 20.5. The molecular weight excluding hydrogens is 555 g/mol. The summed E-state index contributed by atoms with van der Waals surface area (Å²) in [5, 5.41) is 13.5. The Labute approximate surface area is 260 Å². The number of nitrogens with one attached hydrogen (secondary N) is 1. The fourth-order valence-corrected chi connectivity index (χ4v) is 5.47. The molecule has 0 saturated carbocycles. The summed E-state index contributed by atoms with van der Waals surface area (Å²) < 4.78 is 22.9. The second kappa shape index (κ2) is 12.5. The third kappa shape index (κ3) is 7.15. The van der Waals surface area contributed by atoms with Gasteiger partial charge in [0.2, 0.25) is 0 Å². The lowest BCUT2D eigenvalue weighted by Gasteiger charge is -2.22. The van der Waals surface area contributed by atoms with Crippen molar-refractivity contribution in [2.45, 2.75) is 92.3 Å². The molecule has 0 saturated heterocycles. The van der Waals surface area contributed by atoms with Gasteiger partial charge in [-0.1, -0.05) is 65.0 Å². The summed E-state index contributed by atoms with van der Waals surface area (Å²) in [6, 6.07) is 17.9. The van der Waals surface area contributed by atoms with Crippen LogP contribution in [0.3, 0.4) is 0 Å². The van der Waals surface area contributed by atoms with E-state index in [0.717, 1.165) is 39.8 Å².